The van der Waals surface area contributed by atoms with Crippen molar-refractivity contribution in [2.45, 2.75) is 13.0 Å². The first kappa shape index (κ1) is 13.1. The molecule has 1 heterocycles. The normalized spacial score (nSPS) is 11.7. The third-order valence-electron chi connectivity index (χ3n) is 2.89. The molecule has 19 heavy (non-hydrogen) atoms. The van der Waals surface area contributed by atoms with Gasteiger partial charge in [0, 0.05) is 18.1 Å². The van der Waals surface area contributed by atoms with Gasteiger partial charge in [-0.05, 0) is 24.1 Å². The topological polar surface area (TPSA) is 51.2 Å². The van der Waals surface area contributed by atoms with E-state index in [9.17, 15) is 4.79 Å². The van der Waals surface area contributed by atoms with Crippen LogP contribution in [0, 0.1) is 6.92 Å². The molecule has 0 saturated heterocycles. The van der Waals surface area contributed by atoms with Gasteiger partial charge < -0.3 is 10.1 Å². The van der Waals surface area contributed by atoms with Crippen molar-refractivity contribution in [3.05, 3.63) is 59.9 Å². The maximum atomic E-state index is 11.9. The van der Waals surface area contributed by atoms with E-state index in [4.69, 9.17) is 4.74 Å². The van der Waals surface area contributed by atoms with Gasteiger partial charge in [-0.2, -0.15) is 0 Å². The minimum Gasteiger partial charge on any atom is -0.467 e. The molecule has 0 saturated carbocycles. The van der Waals surface area contributed by atoms with Crippen molar-refractivity contribution in [3.63, 3.8) is 0 Å². The molecule has 1 atom stereocenters. The first-order valence-electron chi connectivity index (χ1n) is 6.02. The number of nitrogens with zero attached hydrogens (tertiary/aromatic N) is 1. The highest BCUT2D eigenvalue weighted by molar-refractivity contribution is 5.81. The number of pyridine rings is 1. The van der Waals surface area contributed by atoms with Crippen LogP contribution in [0.25, 0.3) is 0 Å². The van der Waals surface area contributed by atoms with E-state index in [1.165, 1.54) is 7.11 Å². The molecule has 0 bridgehead atoms. The molecule has 4 heteroatoms. The molecule has 0 amide bonds. The number of benzene rings is 1. The van der Waals surface area contributed by atoms with Gasteiger partial charge in [0.15, 0.2) is 6.04 Å². The summed E-state index contributed by atoms with van der Waals surface area (Å²) in [7, 11) is 1.39. The lowest BCUT2D eigenvalue weighted by Crippen LogP contribution is -2.22. The molecular formula is C15H16N2O2. The standard InChI is InChI=1S/C15H16N2O2/c1-11-10-16-9-8-13(11)17-14(15(18)19-2)12-6-4-3-5-7-12/h3-10,14H,1-2H3,(H,16,17). The van der Waals surface area contributed by atoms with E-state index >= 15 is 0 Å². The van der Waals surface area contributed by atoms with Crippen molar-refractivity contribution in [1.29, 1.82) is 0 Å². The number of anilines is 1. The lowest BCUT2D eigenvalue weighted by Gasteiger charge is -2.19. The lowest BCUT2D eigenvalue weighted by atomic mass is 10.1. The largest absolute Gasteiger partial charge is 0.467 e. The van der Waals surface area contributed by atoms with Crippen LogP contribution in [-0.4, -0.2) is 18.1 Å². The van der Waals surface area contributed by atoms with Gasteiger partial charge in [0.1, 0.15) is 0 Å². The maximum Gasteiger partial charge on any atom is 0.332 e. The highest BCUT2D eigenvalue weighted by atomic mass is 16.5. The molecule has 0 aliphatic heterocycles. The van der Waals surface area contributed by atoms with Crippen LogP contribution in [0.3, 0.4) is 0 Å². The van der Waals surface area contributed by atoms with Gasteiger partial charge in [-0.3, -0.25) is 4.98 Å². The molecule has 0 radical (unpaired) electrons. The lowest BCUT2D eigenvalue weighted by molar-refractivity contribution is -0.141. The molecule has 98 valence electrons. The van der Waals surface area contributed by atoms with Gasteiger partial charge in [0.25, 0.3) is 0 Å². The number of methoxy groups -OCH3 is 1. The van der Waals surface area contributed by atoms with Gasteiger partial charge in [-0.15, -0.1) is 0 Å². The van der Waals surface area contributed by atoms with Crippen molar-refractivity contribution in [2.24, 2.45) is 0 Å². The molecule has 1 aromatic heterocycles. The zero-order valence-electron chi connectivity index (χ0n) is 11.0. The molecule has 4 nitrogen and oxygen atoms in total. The van der Waals surface area contributed by atoms with Crippen LogP contribution in [0.1, 0.15) is 17.2 Å². The smallest absolute Gasteiger partial charge is 0.332 e. The first-order chi connectivity index (χ1) is 9.22. The Morgan fingerprint density at radius 3 is 2.63 bits per heavy atom. The van der Waals surface area contributed by atoms with Crippen LogP contribution >= 0.6 is 0 Å². The minimum absolute atomic E-state index is 0.317. The summed E-state index contributed by atoms with van der Waals surface area (Å²) in [6.45, 7) is 1.94. The summed E-state index contributed by atoms with van der Waals surface area (Å²) in [5.74, 6) is -0.317. The summed E-state index contributed by atoms with van der Waals surface area (Å²) < 4.78 is 4.86. The van der Waals surface area contributed by atoms with Crippen molar-refractivity contribution in [2.75, 3.05) is 12.4 Å². The van der Waals surface area contributed by atoms with E-state index in [1.807, 2.05) is 43.3 Å². The maximum absolute atomic E-state index is 11.9. The first-order valence-corrected chi connectivity index (χ1v) is 6.02. The molecule has 0 aliphatic carbocycles. The molecule has 1 N–H and O–H groups in total. The van der Waals surface area contributed by atoms with Crippen LogP contribution in [0.4, 0.5) is 5.69 Å². The molecule has 0 spiro atoms. The SMILES string of the molecule is COC(=O)C(Nc1ccncc1C)c1ccccc1. The second kappa shape index (κ2) is 6.00. The number of hydrogen-bond acceptors (Lipinski definition) is 4. The molecule has 0 aliphatic rings. The van der Waals surface area contributed by atoms with Gasteiger partial charge in [-0.25, -0.2) is 4.79 Å². The molecule has 1 unspecified atom stereocenters. The minimum atomic E-state index is -0.521. The zero-order valence-corrected chi connectivity index (χ0v) is 11.0. The Labute approximate surface area is 112 Å². The number of nitrogens with one attached hydrogen (secondary N) is 1. The predicted octanol–water partition coefficient (Wildman–Crippen LogP) is 2.72. The number of carbonyl (C=O) groups excluding carboxylic acids is 1. The van der Waals surface area contributed by atoms with Gasteiger partial charge >= 0.3 is 5.97 Å². The van der Waals surface area contributed by atoms with Crippen molar-refractivity contribution < 1.29 is 9.53 Å². The van der Waals surface area contributed by atoms with Crippen molar-refractivity contribution in [3.8, 4) is 0 Å². The second-order valence-electron chi connectivity index (χ2n) is 4.20. The Kier molecular flexibility index (Phi) is 4.13. The van der Waals surface area contributed by atoms with Gasteiger partial charge in [0.05, 0.1) is 7.11 Å². The number of carbonyl (C=O) groups is 1. The van der Waals surface area contributed by atoms with Crippen LogP contribution in [0.2, 0.25) is 0 Å². The van der Waals surface area contributed by atoms with Gasteiger partial charge in [0.2, 0.25) is 0 Å². The van der Waals surface area contributed by atoms with E-state index in [1.54, 1.807) is 12.4 Å². The Bertz CT molecular complexity index is 555. The van der Waals surface area contributed by atoms with E-state index < -0.39 is 6.04 Å². The monoisotopic (exact) mass is 256 g/mol. The number of ether oxygens (including phenoxy) is 1. The zero-order chi connectivity index (χ0) is 13.7. The fraction of sp³-hybridized carbons (Fsp3) is 0.200. The highest BCUT2D eigenvalue weighted by Crippen LogP contribution is 2.22. The Hall–Kier alpha value is -2.36. The molecule has 2 aromatic rings. The van der Waals surface area contributed by atoms with E-state index in [2.05, 4.69) is 10.3 Å². The van der Waals surface area contributed by atoms with E-state index in [0.717, 1.165) is 16.8 Å². The number of esters is 1. The van der Waals surface area contributed by atoms with Crippen molar-refractivity contribution >= 4 is 11.7 Å². The van der Waals surface area contributed by atoms with E-state index in [0.29, 0.717) is 0 Å². The molecule has 2 rings (SSSR count). The average molecular weight is 256 g/mol. The fourth-order valence-electron chi connectivity index (χ4n) is 1.83. The summed E-state index contributed by atoms with van der Waals surface area (Å²) in [5.41, 5.74) is 2.71. The van der Waals surface area contributed by atoms with Gasteiger partial charge in [-0.1, -0.05) is 30.3 Å². The van der Waals surface area contributed by atoms with Crippen LogP contribution in [0.15, 0.2) is 48.8 Å². The number of rotatable bonds is 4. The van der Waals surface area contributed by atoms with Crippen LogP contribution in [-0.2, 0) is 9.53 Å². The second-order valence-corrected chi connectivity index (χ2v) is 4.20. The Morgan fingerprint density at radius 2 is 2.00 bits per heavy atom. The molecule has 0 fully saturated rings. The molecular weight excluding hydrogens is 240 g/mol. The summed E-state index contributed by atoms with van der Waals surface area (Å²) >= 11 is 0. The molecule has 1 aromatic carbocycles. The summed E-state index contributed by atoms with van der Waals surface area (Å²) in [6.07, 6.45) is 3.44. The number of aromatic nitrogens is 1. The summed E-state index contributed by atoms with van der Waals surface area (Å²) in [5, 5.41) is 3.20. The fourth-order valence-corrected chi connectivity index (χ4v) is 1.83. The summed E-state index contributed by atoms with van der Waals surface area (Å²) in [6, 6.07) is 10.8. The van der Waals surface area contributed by atoms with Crippen molar-refractivity contribution in [1.82, 2.24) is 4.98 Å². The average Bonchev–Trinajstić information content (AvgIpc) is 2.46. The van der Waals surface area contributed by atoms with Crippen LogP contribution in [0.5, 0.6) is 0 Å². The quantitative estimate of drug-likeness (QED) is 0.854. The third kappa shape index (κ3) is 3.10. The van der Waals surface area contributed by atoms with Crippen LogP contribution < -0.4 is 5.32 Å². The number of aryl methyl sites for hydroxylation is 1. The third-order valence-corrected chi connectivity index (χ3v) is 2.89. The predicted molar refractivity (Wildman–Crippen MR) is 73.8 cm³/mol. The number of hydrogen-bond donors (Lipinski definition) is 1. The Balaban J connectivity index is 2.30. The van der Waals surface area contributed by atoms with E-state index in [-0.39, 0.29) is 5.97 Å². The Morgan fingerprint density at radius 1 is 1.26 bits per heavy atom. The highest BCUT2D eigenvalue weighted by Gasteiger charge is 2.21. The summed E-state index contributed by atoms with van der Waals surface area (Å²) in [4.78, 5) is 16.0.